The standard InChI is InChI=1S/C21H24FNO/c1-5-21(6-2,18-11-15(14-23)12-19(22)13-18)17-9-7-16(8-10-17)20(3,4)24/h7-13,24H,5-6H2,1-4H3. The van der Waals surface area contributed by atoms with Crippen LogP contribution in [0.2, 0.25) is 0 Å². The summed E-state index contributed by atoms with van der Waals surface area (Å²) in [5.41, 5.74) is 1.81. The molecule has 0 atom stereocenters. The van der Waals surface area contributed by atoms with Crippen molar-refractivity contribution in [3.05, 3.63) is 70.5 Å². The smallest absolute Gasteiger partial charge is 0.124 e. The van der Waals surface area contributed by atoms with E-state index in [9.17, 15) is 9.50 Å². The van der Waals surface area contributed by atoms with Crippen LogP contribution in [0.25, 0.3) is 0 Å². The van der Waals surface area contributed by atoms with E-state index >= 15 is 0 Å². The first-order valence-electron chi connectivity index (χ1n) is 8.31. The maximum Gasteiger partial charge on any atom is 0.124 e. The average molecular weight is 325 g/mol. The summed E-state index contributed by atoms with van der Waals surface area (Å²) in [5, 5.41) is 19.3. The summed E-state index contributed by atoms with van der Waals surface area (Å²) in [5.74, 6) is -0.386. The first kappa shape index (κ1) is 18.2. The molecule has 2 rings (SSSR count). The summed E-state index contributed by atoms with van der Waals surface area (Å²) in [6.45, 7) is 7.65. The van der Waals surface area contributed by atoms with E-state index in [4.69, 9.17) is 5.26 Å². The van der Waals surface area contributed by atoms with E-state index in [-0.39, 0.29) is 11.2 Å². The minimum absolute atomic E-state index is 0.337. The van der Waals surface area contributed by atoms with Crippen molar-refractivity contribution >= 4 is 0 Å². The molecule has 2 nitrogen and oxygen atoms in total. The van der Waals surface area contributed by atoms with E-state index in [1.807, 2.05) is 30.3 Å². The van der Waals surface area contributed by atoms with Crippen LogP contribution in [0.3, 0.4) is 0 Å². The second-order valence-electron chi connectivity index (χ2n) is 6.77. The molecule has 0 radical (unpaired) electrons. The Morgan fingerprint density at radius 2 is 1.50 bits per heavy atom. The van der Waals surface area contributed by atoms with Crippen molar-refractivity contribution in [2.45, 2.75) is 51.6 Å². The maximum absolute atomic E-state index is 14.0. The Bertz CT molecular complexity index is 747. The van der Waals surface area contributed by atoms with Gasteiger partial charge in [0, 0.05) is 5.41 Å². The Kier molecular flexibility index (Phi) is 5.11. The molecule has 3 heteroatoms. The van der Waals surface area contributed by atoms with Gasteiger partial charge in [0.25, 0.3) is 0 Å². The van der Waals surface area contributed by atoms with Crippen molar-refractivity contribution < 1.29 is 9.50 Å². The largest absolute Gasteiger partial charge is 0.386 e. The molecule has 24 heavy (non-hydrogen) atoms. The number of aliphatic hydroxyl groups is 1. The lowest BCUT2D eigenvalue weighted by Gasteiger charge is -2.34. The molecule has 0 unspecified atom stereocenters. The predicted octanol–water partition coefficient (Wildman–Crippen LogP) is 5.03. The van der Waals surface area contributed by atoms with Gasteiger partial charge in [-0.1, -0.05) is 38.1 Å². The summed E-state index contributed by atoms with van der Waals surface area (Å²) in [7, 11) is 0. The second kappa shape index (κ2) is 6.75. The second-order valence-corrected chi connectivity index (χ2v) is 6.77. The van der Waals surface area contributed by atoms with Crippen molar-refractivity contribution in [2.24, 2.45) is 0 Å². The van der Waals surface area contributed by atoms with Crippen LogP contribution in [0, 0.1) is 17.1 Å². The van der Waals surface area contributed by atoms with E-state index < -0.39 is 5.60 Å². The molecule has 0 aliphatic heterocycles. The quantitative estimate of drug-likeness (QED) is 0.838. The highest BCUT2D eigenvalue weighted by Gasteiger charge is 2.32. The zero-order valence-corrected chi connectivity index (χ0v) is 14.7. The molecule has 0 spiro atoms. The zero-order valence-electron chi connectivity index (χ0n) is 14.7. The average Bonchev–Trinajstić information content (AvgIpc) is 2.55. The molecule has 0 bridgehead atoms. The molecule has 0 saturated heterocycles. The minimum Gasteiger partial charge on any atom is -0.386 e. The van der Waals surface area contributed by atoms with Crippen LogP contribution in [0.5, 0.6) is 0 Å². The highest BCUT2D eigenvalue weighted by molar-refractivity contribution is 5.45. The van der Waals surface area contributed by atoms with Gasteiger partial charge in [0.15, 0.2) is 0 Å². The number of hydrogen-bond acceptors (Lipinski definition) is 2. The molecule has 0 aromatic heterocycles. The van der Waals surface area contributed by atoms with Gasteiger partial charge in [-0.25, -0.2) is 4.39 Å². The summed E-state index contributed by atoms with van der Waals surface area (Å²) < 4.78 is 14.0. The summed E-state index contributed by atoms with van der Waals surface area (Å²) in [4.78, 5) is 0. The van der Waals surface area contributed by atoms with Crippen molar-refractivity contribution in [1.29, 1.82) is 5.26 Å². The van der Waals surface area contributed by atoms with E-state index in [1.54, 1.807) is 19.9 Å². The van der Waals surface area contributed by atoms with Crippen LogP contribution < -0.4 is 0 Å². The molecule has 0 heterocycles. The topological polar surface area (TPSA) is 44.0 Å². The SMILES string of the molecule is CCC(CC)(c1ccc(C(C)(C)O)cc1)c1cc(F)cc(C#N)c1. The lowest BCUT2D eigenvalue weighted by Crippen LogP contribution is -2.27. The molecule has 1 N–H and O–H groups in total. The molecule has 0 saturated carbocycles. The molecular weight excluding hydrogens is 301 g/mol. The van der Waals surface area contributed by atoms with Gasteiger partial charge in [-0.2, -0.15) is 5.26 Å². The fourth-order valence-electron chi connectivity index (χ4n) is 3.36. The molecule has 2 aromatic rings. The molecule has 0 aliphatic carbocycles. The molecule has 0 fully saturated rings. The van der Waals surface area contributed by atoms with Gasteiger partial charge < -0.3 is 5.11 Å². The Hall–Kier alpha value is -2.18. The third-order valence-electron chi connectivity index (χ3n) is 4.93. The Morgan fingerprint density at radius 3 is 1.96 bits per heavy atom. The van der Waals surface area contributed by atoms with Gasteiger partial charge in [-0.3, -0.25) is 0 Å². The normalized spacial score (nSPS) is 12.0. The molecule has 2 aromatic carbocycles. The highest BCUT2D eigenvalue weighted by Crippen LogP contribution is 2.40. The number of nitrogens with zero attached hydrogens (tertiary/aromatic N) is 1. The molecule has 126 valence electrons. The van der Waals surface area contributed by atoms with Crippen LogP contribution in [0.4, 0.5) is 4.39 Å². The van der Waals surface area contributed by atoms with E-state index in [2.05, 4.69) is 13.8 Å². The fourth-order valence-corrected chi connectivity index (χ4v) is 3.36. The lowest BCUT2D eigenvalue weighted by atomic mass is 9.70. The van der Waals surface area contributed by atoms with Crippen LogP contribution in [-0.2, 0) is 11.0 Å². The number of hydrogen-bond donors (Lipinski definition) is 1. The molecule has 0 aliphatic rings. The van der Waals surface area contributed by atoms with Crippen LogP contribution in [0.15, 0.2) is 42.5 Å². The number of nitriles is 1. The Labute approximate surface area is 143 Å². The van der Waals surface area contributed by atoms with Crippen LogP contribution in [0.1, 0.15) is 62.8 Å². The third kappa shape index (κ3) is 3.34. The first-order valence-corrected chi connectivity index (χ1v) is 8.31. The van der Waals surface area contributed by atoms with Gasteiger partial charge in [0.1, 0.15) is 5.82 Å². The van der Waals surface area contributed by atoms with Crippen molar-refractivity contribution in [3.8, 4) is 6.07 Å². The van der Waals surface area contributed by atoms with E-state index in [1.165, 1.54) is 12.1 Å². The zero-order chi connectivity index (χ0) is 18.0. The maximum atomic E-state index is 14.0. The number of halogens is 1. The minimum atomic E-state index is -0.896. The third-order valence-corrected chi connectivity index (χ3v) is 4.93. The van der Waals surface area contributed by atoms with Crippen molar-refractivity contribution in [1.82, 2.24) is 0 Å². The Morgan fingerprint density at radius 1 is 0.958 bits per heavy atom. The monoisotopic (exact) mass is 325 g/mol. The summed E-state index contributed by atoms with van der Waals surface area (Å²) in [6.07, 6.45) is 1.58. The van der Waals surface area contributed by atoms with Crippen molar-refractivity contribution in [3.63, 3.8) is 0 Å². The van der Waals surface area contributed by atoms with E-state index in [0.29, 0.717) is 5.56 Å². The van der Waals surface area contributed by atoms with Crippen molar-refractivity contribution in [2.75, 3.05) is 0 Å². The predicted molar refractivity (Wildman–Crippen MR) is 94.2 cm³/mol. The van der Waals surface area contributed by atoms with Gasteiger partial charge >= 0.3 is 0 Å². The highest BCUT2D eigenvalue weighted by atomic mass is 19.1. The number of rotatable bonds is 5. The van der Waals surface area contributed by atoms with Crippen LogP contribution >= 0.6 is 0 Å². The fraction of sp³-hybridized carbons (Fsp3) is 0.381. The Balaban J connectivity index is 2.60. The van der Waals surface area contributed by atoms with Gasteiger partial charge in [-0.15, -0.1) is 0 Å². The number of benzene rings is 2. The molecular formula is C21H24FNO. The first-order chi connectivity index (χ1) is 11.3. The van der Waals surface area contributed by atoms with Gasteiger partial charge in [0.05, 0.1) is 17.2 Å². The molecule has 0 amide bonds. The van der Waals surface area contributed by atoms with Gasteiger partial charge in [-0.05, 0) is 61.6 Å². The van der Waals surface area contributed by atoms with Gasteiger partial charge in [0.2, 0.25) is 0 Å². The van der Waals surface area contributed by atoms with Crippen LogP contribution in [-0.4, -0.2) is 5.11 Å². The van der Waals surface area contributed by atoms with E-state index in [0.717, 1.165) is 29.5 Å². The summed E-state index contributed by atoms with van der Waals surface area (Å²) in [6, 6.07) is 14.4. The summed E-state index contributed by atoms with van der Waals surface area (Å²) >= 11 is 0. The lowest BCUT2D eigenvalue weighted by molar-refractivity contribution is 0.0785.